The zero-order valence-electron chi connectivity index (χ0n) is 57.8. The predicted octanol–water partition coefficient (Wildman–Crippen LogP) is 24.1. The molecule has 2 aliphatic rings. The summed E-state index contributed by atoms with van der Waals surface area (Å²) in [6.07, 6.45) is 0. The molecule has 0 fully saturated rings. The minimum Gasteiger partial charge on any atom is -0.208 e. The Morgan fingerprint density at radius 1 is 0.160 bits per heavy atom. The molecular weight excluding hydrogens is 1290 g/mol. The average molecular weight is 1350 g/mol. The molecule has 0 saturated carbocycles. The summed E-state index contributed by atoms with van der Waals surface area (Å²) in [6, 6.07) is 142. The number of hydrogen-bond acceptors (Lipinski definition) is 6. The molecule has 0 radical (unpaired) electrons. The summed E-state index contributed by atoms with van der Waals surface area (Å²) in [5.74, 6) is 3.87. The van der Waals surface area contributed by atoms with Gasteiger partial charge >= 0.3 is 0 Å². The molecule has 0 saturated heterocycles. The first-order valence-corrected chi connectivity index (χ1v) is 36.1. The van der Waals surface area contributed by atoms with Crippen LogP contribution in [0.2, 0.25) is 0 Å². The van der Waals surface area contributed by atoms with Crippen molar-refractivity contribution in [3.63, 3.8) is 0 Å². The number of aromatic nitrogens is 6. The van der Waals surface area contributed by atoms with Gasteiger partial charge in [-0.25, -0.2) is 29.9 Å². The van der Waals surface area contributed by atoms with Gasteiger partial charge in [0.05, 0.1) is 10.8 Å². The van der Waals surface area contributed by atoms with Crippen LogP contribution in [0.25, 0.3) is 134 Å². The summed E-state index contributed by atoms with van der Waals surface area (Å²) in [5, 5.41) is 4.70. The van der Waals surface area contributed by atoms with Crippen molar-refractivity contribution in [2.75, 3.05) is 0 Å². The van der Waals surface area contributed by atoms with Crippen LogP contribution < -0.4 is 0 Å². The molecule has 6 nitrogen and oxygen atoms in total. The van der Waals surface area contributed by atoms with E-state index in [0.29, 0.717) is 34.9 Å². The SMILES string of the molecule is c1ccc(-c2ccc(-c3nc(-c4ccccc4)nc(-c4ccc5c6c(ccc5c4)C(c4ccccc4)(c4ccccc4)c4ccccc4-6)n3)cc2)cc1.c1ccc(-c2ccc(-c3nc(-c4ccccc4)nc(-c4ccc5ccc6c(c5c4)-c4ccccc4C6(c4ccccc4)c4ccccc4)n3)cc2)cc1. The molecule has 6 heteroatoms. The maximum atomic E-state index is 5.15. The van der Waals surface area contributed by atoms with Gasteiger partial charge in [-0.3, -0.25) is 0 Å². The van der Waals surface area contributed by atoms with Crippen molar-refractivity contribution < 1.29 is 0 Å². The largest absolute Gasteiger partial charge is 0.208 e. The van der Waals surface area contributed by atoms with Gasteiger partial charge in [0.1, 0.15) is 0 Å². The van der Waals surface area contributed by atoms with Crippen molar-refractivity contribution in [1.82, 2.24) is 29.9 Å². The van der Waals surface area contributed by atoms with Crippen LogP contribution in [0.4, 0.5) is 0 Å². The molecule has 2 heterocycles. The fraction of sp³-hybridized carbons (Fsp3) is 0.0200. The monoisotopic (exact) mass is 1350 g/mol. The number of fused-ring (bicyclic) bond motifs is 10. The third-order valence-corrected chi connectivity index (χ3v) is 21.2. The summed E-state index contributed by atoms with van der Waals surface area (Å²) in [6.45, 7) is 0. The van der Waals surface area contributed by atoms with Gasteiger partial charge in [-0.2, -0.15) is 0 Å². The molecule has 16 aromatic carbocycles. The topological polar surface area (TPSA) is 77.3 Å². The van der Waals surface area contributed by atoms with Gasteiger partial charge in [0.2, 0.25) is 0 Å². The smallest absolute Gasteiger partial charge is 0.164 e. The van der Waals surface area contributed by atoms with Crippen LogP contribution in [-0.4, -0.2) is 29.9 Å². The van der Waals surface area contributed by atoms with Crippen LogP contribution in [-0.2, 0) is 10.8 Å². The Labute approximate surface area is 616 Å². The second-order valence-electron chi connectivity index (χ2n) is 27.1. The van der Waals surface area contributed by atoms with Crippen molar-refractivity contribution in [1.29, 1.82) is 0 Å². The molecular formula is C100H66N6. The standard InChI is InChI=1S/2C50H33N3/c1-5-15-34(16-6-1)35-25-28-38(29-26-35)48-51-47(37-17-7-2-8-18-37)52-49(53-48)39-30-27-36-31-32-45-46(43(36)33-39)42-23-13-14-24-44(42)50(45,40-19-9-3-10-20-40)41-21-11-4-12-22-41;1-5-15-34(16-6-1)35-25-27-37(28-26-35)48-51-47(36-17-7-2-8-18-36)52-49(53-48)39-29-31-42-38(33-39)30-32-45-46(42)43-23-13-14-24-44(43)50(45,40-19-9-3-10-20-40)41-21-11-4-12-22-41/h2*1-33H. The first kappa shape index (κ1) is 63.0. The minimum atomic E-state index is -0.467. The fourth-order valence-corrected chi connectivity index (χ4v) is 16.4. The molecule has 0 atom stereocenters. The van der Waals surface area contributed by atoms with Crippen LogP contribution in [0.15, 0.2) is 400 Å². The van der Waals surface area contributed by atoms with Crippen LogP contribution in [0.1, 0.15) is 44.5 Å². The van der Waals surface area contributed by atoms with Crippen molar-refractivity contribution in [3.05, 3.63) is 445 Å². The molecule has 0 bridgehead atoms. The van der Waals surface area contributed by atoms with Crippen molar-refractivity contribution >= 4 is 21.5 Å². The van der Waals surface area contributed by atoms with Crippen LogP contribution in [0, 0.1) is 0 Å². The molecule has 18 aromatic rings. The highest BCUT2D eigenvalue weighted by molar-refractivity contribution is 6.07. The molecule has 20 rings (SSSR count). The second kappa shape index (κ2) is 26.8. The molecule has 0 spiro atoms. The number of nitrogens with zero attached hydrogens (tertiary/aromatic N) is 6. The van der Waals surface area contributed by atoms with Gasteiger partial charge in [0.15, 0.2) is 34.9 Å². The van der Waals surface area contributed by atoms with Gasteiger partial charge in [0.25, 0.3) is 0 Å². The Morgan fingerprint density at radius 2 is 0.415 bits per heavy atom. The van der Waals surface area contributed by atoms with E-state index in [4.69, 9.17) is 29.9 Å². The normalized spacial score (nSPS) is 12.7. The lowest BCUT2D eigenvalue weighted by Crippen LogP contribution is -2.28. The van der Waals surface area contributed by atoms with Gasteiger partial charge in [-0.1, -0.05) is 388 Å². The maximum absolute atomic E-state index is 5.15. The Balaban J connectivity index is 0.000000145. The summed E-state index contributed by atoms with van der Waals surface area (Å²) in [7, 11) is 0. The van der Waals surface area contributed by atoms with Gasteiger partial charge in [0, 0.05) is 33.4 Å². The van der Waals surface area contributed by atoms with Crippen LogP contribution in [0.5, 0.6) is 0 Å². The van der Waals surface area contributed by atoms with E-state index in [1.807, 2.05) is 60.7 Å². The highest BCUT2D eigenvalue weighted by atomic mass is 15.0. The van der Waals surface area contributed by atoms with Crippen molar-refractivity contribution in [3.8, 4) is 113 Å². The summed E-state index contributed by atoms with van der Waals surface area (Å²) in [5.41, 5.74) is 24.7. The van der Waals surface area contributed by atoms with E-state index >= 15 is 0 Å². The molecule has 496 valence electrons. The molecule has 0 unspecified atom stereocenters. The Bertz CT molecular complexity index is 6180. The molecule has 0 N–H and O–H groups in total. The molecule has 106 heavy (non-hydrogen) atoms. The third kappa shape index (κ3) is 10.9. The quantitative estimate of drug-likeness (QED) is 0.121. The highest BCUT2D eigenvalue weighted by Gasteiger charge is 2.48. The van der Waals surface area contributed by atoms with Gasteiger partial charge in [-0.05, 0) is 123 Å². The Kier molecular flexibility index (Phi) is 15.9. The second-order valence-corrected chi connectivity index (χ2v) is 27.1. The van der Waals surface area contributed by atoms with Crippen molar-refractivity contribution in [2.45, 2.75) is 10.8 Å². The Hall–Kier alpha value is -13.9. The van der Waals surface area contributed by atoms with Crippen molar-refractivity contribution in [2.24, 2.45) is 0 Å². The zero-order valence-corrected chi connectivity index (χ0v) is 57.8. The summed E-state index contributed by atoms with van der Waals surface area (Å²) < 4.78 is 0. The van der Waals surface area contributed by atoms with E-state index in [-0.39, 0.29) is 0 Å². The summed E-state index contributed by atoms with van der Waals surface area (Å²) in [4.78, 5) is 30.4. The number of rotatable bonds is 12. The highest BCUT2D eigenvalue weighted by Crippen LogP contribution is 2.60. The Morgan fingerprint density at radius 3 is 0.802 bits per heavy atom. The lowest BCUT2D eigenvalue weighted by molar-refractivity contribution is 0.769. The van der Waals surface area contributed by atoms with E-state index in [0.717, 1.165) is 49.9 Å². The number of benzene rings is 16. The van der Waals surface area contributed by atoms with E-state index in [1.165, 1.54) is 94.0 Å². The molecule has 0 aliphatic heterocycles. The molecule has 0 amide bonds. The molecule has 2 aliphatic carbocycles. The maximum Gasteiger partial charge on any atom is 0.164 e. The van der Waals surface area contributed by atoms with Crippen LogP contribution >= 0.6 is 0 Å². The summed E-state index contributed by atoms with van der Waals surface area (Å²) >= 11 is 0. The minimum absolute atomic E-state index is 0.439. The predicted molar refractivity (Wildman–Crippen MR) is 433 cm³/mol. The van der Waals surface area contributed by atoms with E-state index in [9.17, 15) is 0 Å². The molecule has 2 aromatic heterocycles. The lowest BCUT2D eigenvalue weighted by Gasteiger charge is -2.33. The first-order valence-electron chi connectivity index (χ1n) is 36.1. The van der Waals surface area contributed by atoms with E-state index in [1.54, 1.807) is 0 Å². The lowest BCUT2D eigenvalue weighted by atomic mass is 9.67. The van der Waals surface area contributed by atoms with Gasteiger partial charge < -0.3 is 0 Å². The first-order chi connectivity index (χ1) is 52.5. The van der Waals surface area contributed by atoms with Gasteiger partial charge in [-0.15, -0.1) is 0 Å². The van der Waals surface area contributed by atoms with E-state index < -0.39 is 10.8 Å². The number of hydrogen-bond donors (Lipinski definition) is 0. The fourth-order valence-electron chi connectivity index (χ4n) is 16.4. The van der Waals surface area contributed by atoms with Crippen LogP contribution in [0.3, 0.4) is 0 Å². The average Bonchev–Trinajstić information content (AvgIpc) is 1.53. The third-order valence-electron chi connectivity index (χ3n) is 21.2. The van der Waals surface area contributed by atoms with E-state index in [2.05, 4.69) is 340 Å². The zero-order chi connectivity index (χ0) is 70.4.